The summed E-state index contributed by atoms with van der Waals surface area (Å²) in [6.07, 6.45) is 0. The number of carbonyl (C=O) groups excluding carboxylic acids is 2. The molecule has 4 aromatic carbocycles. The summed E-state index contributed by atoms with van der Waals surface area (Å²) in [5, 5.41) is 5.89. The Balaban J connectivity index is 1.37. The zero-order valence-electron chi connectivity index (χ0n) is 20.3. The van der Waals surface area contributed by atoms with Gasteiger partial charge in [-0.3, -0.25) is 9.59 Å². The molecule has 0 aliphatic heterocycles. The third-order valence-corrected chi connectivity index (χ3v) is 6.01. The molecule has 2 amide bonds. The molecule has 0 radical (unpaired) electrons. The van der Waals surface area contributed by atoms with Crippen molar-refractivity contribution < 1.29 is 14.0 Å². The lowest BCUT2D eigenvalue weighted by atomic mass is 10.1. The maximum Gasteiger partial charge on any atom is 0.255 e. The summed E-state index contributed by atoms with van der Waals surface area (Å²) in [4.78, 5) is 29.9. The first-order valence-corrected chi connectivity index (χ1v) is 11.6. The number of benzene rings is 4. The molecule has 6 heteroatoms. The number of hydrogen-bond donors (Lipinski definition) is 2. The van der Waals surface area contributed by atoms with Crippen molar-refractivity contribution in [3.05, 3.63) is 113 Å². The maximum atomic E-state index is 12.7. The molecule has 1 aromatic heterocycles. The number of nitrogens with one attached hydrogen (secondary N) is 2. The molecule has 5 rings (SSSR count). The SMILES string of the molecule is Cc1ccc(C(=O)Nc2ccc3oc(-c4ccc(C)c(NC(=O)c5ccc(C)cc5)c4)nc3c2)cc1. The lowest BCUT2D eigenvalue weighted by Crippen LogP contribution is -2.12. The average Bonchev–Trinajstić information content (AvgIpc) is 3.29. The van der Waals surface area contributed by atoms with Crippen LogP contribution in [0.25, 0.3) is 22.6 Å². The summed E-state index contributed by atoms with van der Waals surface area (Å²) < 4.78 is 5.97. The molecule has 1 heterocycles. The van der Waals surface area contributed by atoms with E-state index in [0.29, 0.717) is 39.5 Å². The third kappa shape index (κ3) is 4.88. The Morgan fingerprint density at radius 2 is 1.31 bits per heavy atom. The highest BCUT2D eigenvalue weighted by atomic mass is 16.3. The minimum atomic E-state index is -0.189. The van der Waals surface area contributed by atoms with Crippen LogP contribution in [0.1, 0.15) is 37.4 Å². The van der Waals surface area contributed by atoms with Crippen LogP contribution in [0.5, 0.6) is 0 Å². The predicted octanol–water partition coefficient (Wildman–Crippen LogP) is 6.92. The third-order valence-electron chi connectivity index (χ3n) is 6.01. The van der Waals surface area contributed by atoms with Crippen molar-refractivity contribution in [3.8, 4) is 11.5 Å². The second kappa shape index (κ2) is 9.50. The molecule has 0 spiro atoms. The van der Waals surface area contributed by atoms with Crippen molar-refractivity contribution in [2.45, 2.75) is 20.8 Å². The van der Waals surface area contributed by atoms with Crippen molar-refractivity contribution in [3.63, 3.8) is 0 Å². The van der Waals surface area contributed by atoms with E-state index >= 15 is 0 Å². The number of rotatable bonds is 5. The molecule has 6 nitrogen and oxygen atoms in total. The highest BCUT2D eigenvalue weighted by molar-refractivity contribution is 6.05. The topological polar surface area (TPSA) is 84.2 Å². The Hall–Kier alpha value is -4.71. The highest BCUT2D eigenvalue weighted by Crippen LogP contribution is 2.29. The van der Waals surface area contributed by atoms with Crippen molar-refractivity contribution in [1.82, 2.24) is 4.98 Å². The molecule has 178 valence electrons. The minimum Gasteiger partial charge on any atom is -0.436 e. The number of aromatic nitrogens is 1. The van der Waals surface area contributed by atoms with Gasteiger partial charge in [-0.05, 0) is 80.9 Å². The van der Waals surface area contributed by atoms with Crippen molar-refractivity contribution >= 4 is 34.3 Å². The molecule has 0 saturated heterocycles. The van der Waals surface area contributed by atoms with E-state index in [4.69, 9.17) is 4.42 Å². The molecule has 0 aliphatic carbocycles. The number of amides is 2. The van der Waals surface area contributed by atoms with Crippen LogP contribution in [-0.4, -0.2) is 16.8 Å². The molecule has 0 atom stereocenters. The van der Waals surface area contributed by atoms with Crippen LogP contribution in [0, 0.1) is 20.8 Å². The monoisotopic (exact) mass is 475 g/mol. The van der Waals surface area contributed by atoms with Crippen molar-refractivity contribution in [2.24, 2.45) is 0 Å². The van der Waals surface area contributed by atoms with E-state index in [1.54, 1.807) is 42.5 Å². The molecular formula is C30H25N3O3. The normalized spacial score (nSPS) is 10.9. The number of fused-ring (bicyclic) bond motifs is 1. The van der Waals surface area contributed by atoms with Crippen LogP contribution in [0.4, 0.5) is 11.4 Å². The average molecular weight is 476 g/mol. The Bertz CT molecular complexity index is 1580. The largest absolute Gasteiger partial charge is 0.436 e. The van der Waals surface area contributed by atoms with Gasteiger partial charge in [0.05, 0.1) is 0 Å². The second-order valence-electron chi connectivity index (χ2n) is 8.87. The summed E-state index contributed by atoms with van der Waals surface area (Å²) >= 11 is 0. The first-order chi connectivity index (χ1) is 17.4. The summed E-state index contributed by atoms with van der Waals surface area (Å²) in [5.74, 6) is 0.0604. The summed E-state index contributed by atoms with van der Waals surface area (Å²) in [5.41, 5.74) is 7.57. The quantitative estimate of drug-likeness (QED) is 0.289. The molecule has 0 fully saturated rings. The fraction of sp³-hybridized carbons (Fsp3) is 0.100. The lowest BCUT2D eigenvalue weighted by Gasteiger charge is -2.10. The van der Waals surface area contributed by atoms with Crippen LogP contribution >= 0.6 is 0 Å². The van der Waals surface area contributed by atoms with E-state index in [2.05, 4.69) is 15.6 Å². The fourth-order valence-electron chi connectivity index (χ4n) is 3.83. The molecule has 0 aliphatic rings. The lowest BCUT2D eigenvalue weighted by molar-refractivity contribution is 0.101. The number of oxazole rings is 1. The zero-order valence-corrected chi connectivity index (χ0v) is 20.3. The van der Waals surface area contributed by atoms with Gasteiger partial charge in [-0.15, -0.1) is 0 Å². The molecule has 0 saturated carbocycles. The van der Waals surface area contributed by atoms with Gasteiger partial charge in [0.2, 0.25) is 5.89 Å². The van der Waals surface area contributed by atoms with Gasteiger partial charge in [0.25, 0.3) is 11.8 Å². The van der Waals surface area contributed by atoms with E-state index < -0.39 is 0 Å². The summed E-state index contributed by atoms with van der Waals surface area (Å²) in [6.45, 7) is 5.90. The van der Waals surface area contributed by atoms with Crippen LogP contribution in [0.3, 0.4) is 0 Å². The van der Waals surface area contributed by atoms with Crippen LogP contribution < -0.4 is 10.6 Å². The van der Waals surface area contributed by atoms with E-state index in [1.807, 2.05) is 63.2 Å². The molecule has 5 aromatic rings. The van der Waals surface area contributed by atoms with Crippen LogP contribution in [-0.2, 0) is 0 Å². The standard InChI is InChI=1S/C30H25N3O3/c1-18-4-9-21(10-5-18)28(34)31-24-14-15-27-26(17-24)33-30(36-27)23-13-8-20(3)25(16-23)32-29(35)22-11-6-19(2)7-12-22/h4-17H,1-3H3,(H,31,34)(H,32,35). The Labute approximate surface area is 209 Å². The van der Waals surface area contributed by atoms with Crippen LogP contribution in [0.2, 0.25) is 0 Å². The molecule has 0 bridgehead atoms. The van der Waals surface area contributed by atoms with E-state index in [0.717, 1.165) is 22.3 Å². The fourth-order valence-corrected chi connectivity index (χ4v) is 3.83. The van der Waals surface area contributed by atoms with E-state index in [-0.39, 0.29) is 11.8 Å². The number of nitrogens with zero attached hydrogens (tertiary/aromatic N) is 1. The van der Waals surface area contributed by atoms with E-state index in [9.17, 15) is 9.59 Å². The zero-order chi connectivity index (χ0) is 25.2. The smallest absolute Gasteiger partial charge is 0.255 e. The predicted molar refractivity (Wildman–Crippen MR) is 142 cm³/mol. The van der Waals surface area contributed by atoms with Gasteiger partial charge in [-0.1, -0.05) is 41.5 Å². The summed E-state index contributed by atoms with van der Waals surface area (Å²) in [6, 6.07) is 25.9. The highest BCUT2D eigenvalue weighted by Gasteiger charge is 2.14. The van der Waals surface area contributed by atoms with Gasteiger partial charge in [0.1, 0.15) is 5.52 Å². The maximum absolute atomic E-state index is 12.7. The van der Waals surface area contributed by atoms with Gasteiger partial charge >= 0.3 is 0 Å². The number of aryl methyl sites for hydroxylation is 3. The first kappa shape index (κ1) is 23.1. The van der Waals surface area contributed by atoms with Gasteiger partial charge in [-0.25, -0.2) is 4.98 Å². The Morgan fingerprint density at radius 3 is 1.94 bits per heavy atom. The van der Waals surface area contributed by atoms with Gasteiger partial charge in [-0.2, -0.15) is 0 Å². The molecule has 0 unspecified atom stereocenters. The molecule has 2 N–H and O–H groups in total. The van der Waals surface area contributed by atoms with Gasteiger partial charge < -0.3 is 15.1 Å². The molecule has 36 heavy (non-hydrogen) atoms. The minimum absolute atomic E-state index is 0.179. The second-order valence-corrected chi connectivity index (χ2v) is 8.87. The van der Waals surface area contributed by atoms with E-state index in [1.165, 1.54) is 0 Å². The first-order valence-electron chi connectivity index (χ1n) is 11.6. The summed E-state index contributed by atoms with van der Waals surface area (Å²) in [7, 11) is 0. The number of carbonyl (C=O) groups is 2. The van der Waals surface area contributed by atoms with Gasteiger partial charge in [0, 0.05) is 28.1 Å². The molecular weight excluding hydrogens is 450 g/mol. The van der Waals surface area contributed by atoms with Crippen molar-refractivity contribution in [2.75, 3.05) is 10.6 Å². The number of hydrogen-bond acceptors (Lipinski definition) is 4. The Morgan fingerprint density at radius 1 is 0.694 bits per heavy atom. The van der Waals surface area contributed by atoms with Gasteiger partial charge in [0.15, 0.2) is 5.58 Å². The number of anilines is 2. The van der Waals surface area contributed by atoms with Crippen molar-refractivity contribution in [1.29, 1.82) is 0 Å². The van der Waals surface area contributed by atoms with Crippen LogP contribution in [0.15, 0.2) is 89.3 Å². The Kier molecular flexibility index (Phi) is 6.09.